The Morgan fingerprint density at radius 2 is 1.92 bits per heavy atom. The van der Waals surface area contributed by atoms with Gasteiger partial charge in [-0.3, -0.25) is 4.98 Å². The van der Waals surface area contributed by atoms with Gasteiger partial charge in [0.25, 0.3) is 0 Å². The van der Waals surface area contributed by atoms with E-state index >= 15 is 0 Å². The molecule has 3 atom stereocenters. The largest absolute Gasteiger partial charge is 0.331 e. The van der Waals surface area contributed by atoms with Crippen LogP contribution in [0.2, 0.25) is 0 Å². The Labute approximate surface area is 221 Å². The van der Waals surface area contributed by atoms with Gasteiger partial charge >= 0.3 is 6.03 Å². The van der Waals surface area contributed by atoms with Crippen LogP contribution in [-0.2, 0) is 6.42 Å². The molecule has 7 heteroatoms. The lowest BCUT2D eigenvalue weighted by Crippen LogP contribution is -2.36. The third-order valence-corrected chi connectivity index (χ3v) is 8.17. The highest BCUT2D eigenvalue weighted by molar-refractivity contribution is 5.89. The van der Waals surface area contributed by atoms with Crippen molar-refractivity contribution in [3.05, 3.63) is 114 Å². The second-order valence-electron chi connectivity index (χ2n) is 10.5. The number of pyridine rings is 1. The minimum absolute atomic E-state index is 0.0157. The highest BCUT2D eigenvalue weighted by Gasteiger charge is 2.46. The van der Waals surface area contributed by atoms with Gasteiger partial charge in [0.05, 0.1) is 35.5 Å². The maximum Gasteiger partial charge on any atom is 0.319 e. The first kappa shape index (κ1) is 24.1. The van der Waals surface area contributed by atoms with Crippen LogP contribution in [0.1, 0.15) is 49.0 Å². The van der Waals surface area contributed by atoms with E-state index in [1.165, 1.54) is 23.3 Å². The summed E-state index contributed by atoms with van der Waals surface area (Å²) in [7, 11) is 0. The topological polar surface area (TPSA) is 71.8 Å². The van der Waals surface area contributed by atoms with Gasteiger partial charge in [-0.05, 0) is 90.6 Å². The van der Waals surface area contributed by atoms with Crippen molar-refractivity contribution in [1.29, 1.82) is 0 Å². The van der Waals surface area contributed by atoms with Gasteiger partial charge in [-0.1, -0.05) is 42.8 Å². The number of anilines is 1. The summed E-state index contributed by atoms with van der Waals surface area (Å²) < 4.78 is 15.4. The van der Waals surface area contributed by atoms with Crippen LogP contribution >= 0.6 is 0 Å². The van der Waals surface area contributed by atoms with Crippen LogP contribution in [0, 0.1) is 17.2 Å². The smallest absolute Gasteiger partial charge is 0.319 e. The SMILES string of the molecule is C[C@]12Cc3cnn(-c4ccc(F)cc4)c3C=C1CC[C@@H]2CC(NC(=O)Nc1cccnc1)c1ccccc1. The van der Waals surface area contributed by atoms with E-state index in [0.29, 0.717) is 11.6 Å². The number of carbonyl (C=O) groups excluding carboxylic acids is 1. The van der Waals surface area contributed by atoms with Crippen LogP contribution in [0.15, 0.2) is 90.9 Å². The molecule has 2 aliphatic rings. The number of allylic oxidation sites excluding steroid dienone is 1. The Balaban J connectivity index is 1.24. The van der Waals surface area contributed by atoms with Crippen LogP contribution in [-0.4, -0.2) is 20.8 Å². The monoisotopic (exact) mass is 507 g/mol. The number of halogens is 1. The first-order valence-corrected chi connectivity index (χ1v) is 13.1. The van der Waals surface area contributed by atoms with Crippen LogP contribution in [0.4, 0.5) is 14.9 Å². The van der Waals surface area contributed by atoms with Gasteiger partial charge in [0.15, 0.2) is 0 Å². The molecule has 0 aliphatic heterocycles. The van der Waals surface area contributed by atoms with Crippen LogP contribution in [0.5, 0.6) is 0 Å². The van der Waals surface area contributed by atoms with Crippen LogP contribution in [0.25, 0.3) is 11.8 Å². The zero-order valence-corrected chi connectivity index (χ0v) is 21.3. The second kappa shape index (κ2) is 9.89. The standard InChI is InChI=1S/C31H30FN5O/c1-31-18-22-19-34-37(27-13-11-25(32)12-14-27)29(22)17-24(31)10-9-23(31)16-28(21-6-3-2-4-7-21)36-30(38)35-26-8-5-15-33-20-26/h2-8,11-15,17,19-20,23,28H,9-10,16,18H2,1H3,(H2,35,36,38)/t23-,28?,31-/m1/s1. The zero-order chi connectivity index (χ0) is 26.1. The first-order chi connectivity index (χ1) is 18.5. The molecule has 2 aliphatic carbocycles. The molecule has 4 aromatic rings. The molecule has 1 unspecified atom stereocenters. The number of nitrogens with one attached hydrogen (secondary N) is 2. The number of amides is 2. The van der Waals surface area contributed by atoms with E-state index in [2.05, 4.69) is 45.8 Å². The van der Waals surface area contributed by atoms with Crippen molar-refractivity contribution >= 4 is 17.8 Å². The highest BCUT2D eigenvalue weighted by atomic mass is 19.1. The van der Waals surface area contributed by atoms with Gasteiger partial charge in [0, 0.05) is 6.20 Å². The van der Waals surface area contributed by atoms with E-state index < -0.39 is 0 Å². The van der Waals surface area contributed by atoms with Gasteiger partial charge in [0.1, 0.15) is 5.82 Å². The third-order valence-electron chi connectivity index (χ3n) is 8.17. The molecule has 192 valence electrons. The van der Waals surface area contributed by atoms with Crippen molar-refractivity contribution in [3.63, 3.8) is 0 Å². The molecule has 0 spiro atoms. The van der Waals surface area contributed by atoms with Gasteiger partial charge in [-0.25, -0.2) is 13.9 Å². The summed E-state index contributed by atoms with van der Waals surface area (Å²) in [6.45, 7) is 2.35. The Morgan fingerprint density at radius 1 is 1.11 bits per heavy atom. The number of rotatable bonds is 6. The lowest BCUT2D eigenvalue weighted by atomic mass is 9.68. The maximum absolute atomic E-state index is 13.5. The van der Waals surface area contributed by atoms with E-state index in [-0.39, 0.29) is 23.3 Å². The number of benzene rings is 2. The molecule has 6 rings (SSSR count). The predicted molar refractivity (Wildman–Crippen MR) is 146 cm³/mol. The Hall–Kier alpha value is -4.26. The van der Waals surface area contributed by atoms with E-state index in [9.17, 15) is 9.18 Å². The van der Waals surface area contributed by atoms with Crippen molar-refractivity contribution in [2.24, 2.45) is 11.3 Å². The average molecular weight is 508 g/mol. The summed E-state index contributed by atoms with van der Waals surface area (Å²) in [4.78, 5) is 17.0. The normalized spacial score (nSPS) is 20.7. The third kappa shape index (κ3) is 4.60. The van der Waals surface area contributed by atoms with Crippen LogP contribution in [0.3, 0.4) is 0 Å². The fraction of sp³-hybridized carbons (Fsp3) is 0.258. The molecule has 38 heavy (non-hydrogen) atoms. The van der Waals surface area contributed by atoms with Crippen molar-refractivity contribution in [3.8, 4) is 5.69 Å². The molecule has 0 bridgehead atoms. The van der Waals surface area contributed by atoms with Gasteiger partial charge in [-0.2, -0.15) is 5.10 Å². The van der Waals surface area contributed by atoms with E-state index in [4.69, 9.17) is 0 Å². The fourth-order valence-corrected chi connectivity index (χ4v) is 6.11. The van der Waals surface area contributed by atoms with Gasteiger partial charge < -0.3 is 10.6 Å². The zero-order valence-electron chi connectivity index (χ0n) is 21.3. The fourth-order valence-electron chi connectivity index (χ4n) is 6.11. The summed E-state index contributed by atoms with van der Waals surface area (Å²) in [6, 6.07) is 19.9. The van der Waals surface area contributed by atoms with Crippen molar-refractivity contribution in [2.75, 3.05) is 5.32 Å². The Morgan fingerprint density at radius 3 is 2.68 bits per heavy atom. The molecule has 2 N–H and O–H groups in total. The minimum Gasteiger partial charge on any atom is -0.331 e. The van der Waals surface area contributed by atoms with E-state index in [0.717, 1.165) is 42.6 Å². The number of aromatic nitrogens is 3. The summed E-state index contributed by atoms with van der Waals surface area (Å²) in [5.74, 6) is 0.134. The second-order valence-corrected chi connectivity index (χ2v) is 10.5. The number of carbonyl (C=O) groups is 1. The van der Waals surface area contributed by atoms with Crippen molar-refractivity contribution in [2.45, 2.75) is 38.6 Å². The minimum atomic E-state index is -0.255. The molecule has 2 aromatic carbocycles. The predicted octanol–water partition coefficient (Wildman–Crippen LogP) is 6.72. The molecular weight excluding hydrogens is 477 g/mol. The molecule has 2 aromatic heterocycles. The Kier molecular flexibility index (Phi) is 6.27. The quantitative estimate of drug-likeness (QED) is 0.304. The average Bonchev–Trinajstić information content (AvgIpc) is 3.48. The number of fused-ring (bicyclic) bond motifs is 2. The molecule has 2 heterocycles. The molecule has 2 amide bonds. The van der Waals surface area contributed by atoms with Crippen molar-refractivity contribution < 1.29 is 9.18 Å². The first-order valence-electron chi connectivity index (χ1n) is 13.1. The van der Waals surface area contributed by atoms with Gasteiger partial charge in [0.2, 0.25) is 0 Å². The molecular formula is C31H30FN5O. The number of hydrogen-bond acceptors (Lipinski definition) is 3. The lowest BCUT2D eigenvalue weighted by Gasteiger charge is -2.37. The summed E-state index contributed by atoms with van der Waals surface area (Å²) in [5, 5.41) is 10.8. The van der Waals surface area contributed by atoms with Crippen LogP contribution < -0.4 is 10.6 Å². The molecule has 1 fully saturated rings. The number of hydrogen-bond donors (Lipinski definition) is 2. The molecule has 1 saturated carbocycles. The summed E-state index contributed by atoms with van der Waals surface area (Å²) in [6.07, 6.45) is 11.3. The maximum atomic E-state index is 13.5. The summed E-state index contributed by atoms with van der Waals surface area (Å²) >= 11 is 0. The molecule has 6 nitrogen and oxygen atoms in total. The molecule has 0 saturated heterocycles. The highest BCUT2D eigenvalue weighted by Crippen LogP contribution is 2.55. The van der Waals surface area contributed by atoms with E-state index in [1.54, 1.807) is 30.6 Å². The summed E-state index contributed by atoms with van der Waals surface area (Å²) in [5.41, 5.74) is 6.30. The number of nitrogens with zero attached hydrogens (tertiary/aromatic N) is 3. The van der Waals surface area contributed by atoms with E-state index in [1.807, 2.05) is 35.1 Å². The lowest BCUT2D eigenvalue weighted by molar-refractivity contribution is 0.222. The van der Waals surface area contributed by atoms with Gasteiger partial charge in [-0.15, -0.1) is 0 Å². The molecule has 0 radical (unpaired) electrons. The Bertz CT molecular complexity index is 1470. The number of urea groups is 1. The van der Waals surface area contributed by atoms with Crippen molar-refractivity contribution in [1.82, 2.24) is 20.1 Å².